The summed E-state index contributed by atoms with van der Waals surface area (Å²) in [5.41, 5.74) is 6.05. The molecular formula is C12H14N2O4. The molecule has 18 heavy (non-hydrogen) atoms. The molecular weight excluding hydrogens is 236 g/mol. The van der Waals surface area contributed by atoms with Gasteiger partial charge in [0.05, 0.1) is 18.0 Å². The van der Waals surface area contributed by atoms with E-state index in [-0.39, 0.29) is 23.8 Å². The van der Waals surface area contributed by atoms with Crippen molar-refractivity contribution in [3.05, 3.63) is 40.0 Å². The van der Waals surface area contributed by atoms with Crippen molar-refractivity contribution in [1.82, 2.24) is 0 Å². The summed E-state index contributed by atoms with van der Waals surface area (Å²) in [5, 5.41) is 10.7. The fraction of sp³-hybridized carbons (Fsp3) is 0.250. The Morgan fingerprint density at radius 1 is 1.56 bits per heavy atom. The van der Waals surface area contributed by atoms with Crippen LogP contribution >= 0.6 is 0 Å². The summed E-state index contributed by atoms with van der Waals surface area (Å²) in [6.45, 7) is 2.06. The van der Waals surface area contributed by atoms with Crippen molar-refractivity contribution in [3.8, 4) is 0 Å². The summed E-state index contributed by atoms with van der Waals surface area (Å²) < 4.78 is 4.74. The summed E-state index contributed by atoms with van der Waals surface area (Å²) in [7, 11) is 0. The second kappa shape index (κ2) is 6.39. The molecule has 0 spiro atoms. The Kier molecular flexibility index (Phi) is 4.86. The van der Waals surface area contributed by atoms with Gasteiger partial charge in [-0.3, -0.25) is 14.9 Å². The molecule has 0 fully saturated rings. The topological polar surface area (TPSA) is 95.5 Å². The predicted octanol–water partition coefficient (Wildman–Crippen LogP) is 2.14. The molecule has 0 aliphatic carbocycles. The molecule has 0 saturated heterocycles. The number of nitro groups is 1. The van der Waals surface area contributed by atoms with E-state index in [1.165, 1.54) is 12.1 Å². The molecule has 6 nitrogen and oxygen atoms in total. The van der Waals surface area contributed by atoms with Gasteiger partial charge in [0, 0.05) is 6.07 Å². The van der Waals surface area contributed by atoms with E-state index in [2.05, 4.69) is 0 Å². The fourth-order valence-corrected chi connectivity index (χ4v) is 1.33. The quantitative estimate of drug-likeness (QED) is 0.374. The molecule has 0 amide bonds. The van der Waals surface area contributed by atoms with E-state index in [9.17, 15) is 14.9 Å². The molecule has 2 N–H and O–H groups in total. The lowest BCUT2D eigenvalue weighted by atomic mass is 10.1. The van der Waals surface area contributed by atoms with Gasteiger partial charge < -0.3 is 10.5 Å². The number of hydrogen-bond donors (Lipinski definition) is 1. The van der Waals surface area contributed by atoms with E-state index in [1.807, 2.05) is 0 Å². The van der Waals surface area contributed by atoms with Gasteiger partial charge in [0.1, 0.15) is 5.69 Å². The third-order valence-corrected chi connectivity index (χ3v) is 2.15. The largest absolute Gasteiger partial charge is 0.466 e. The van der Waals surface area contributed by atoms with Crippen molar-refractivity contribution >= 4 is 23.4 Å². The molecule has 96 valence electrons. The maximum Gasteiger partial charge on any atom is 0.309 e. The zero-order valence-corrected chi connectivity index (χ0v) is 9.96. The van der Waals surface area contributed by atoms with Crippen LogP contribution in [0.4, 0.5) is 11.4 Å². The second-order valence-corrected chi connectivity index (χ2v) is 3.49. The Balaban J connectivity index is 2.73. The number of nitrogen functional groups attached to an aromatic ring is 1. The second-order valence-electron chi connectivity index (χ2n) is 3.49. The lowest BCUT2D eigenvalue weighted by Gasteiger charge is -1.99. The van der Waals surface area contributed by atoms with Gasteiger partial charge in [-0.1, -0.05) is 18.2 Å². The number of carbonyl (C=O) groups is 1. The van der Waals surface area contributed by atoms with Crippen molar-refractivity contribution in [2.75, 3.05) is 12.3 Å². The number of nitrogens with zero attached hydrogens (tertiary/aromatic N) is 1. The minimum Gasteiger partial charge on any atom is -0.466 e. The van der Waals surface area contributed by atoms with Crippen LogP contribution in [0.3, 0.4) is 0 Å². The zero-order valence-electron chi connectivity index (χ0n) is 9.96. The summed E-state index contributed by atoms with van der Waals surface area (Å²) >= 11 is 0. The highest BCUT2D eigenvalue weighted by Gasteiger charge is 2.10. The molecule has 0 aromatic heterocycles. The standard InChI is InChI=1S/C12H14N2O4/c1-2-18-12(15)5-3-4-9-6-7-10(13)11(8-9)14(16)17/h3-4,6-8H,2,5,13H2,1H3. The summed E-state index contributed by atoms with van der Waals surface area (Å²) in [6.07, 6.45) is 3.34. The van der Waals surface area contributed by atoms with Crippen LogP contribution in [0, 0.1) is 10.1 Å². The molecule has 0 atom stereocenters. The molecule has 0 heterocycles. The smallest absolute Gasteiger partial charge is 0.309 e. The first-order valence-corrected chi connectivity index (χ1v) is 5.40. The van der Waals surface area contributed by atoms with Gasteiger partial charge in [-0.05, 0) is 18.6 Å². The van der Waals surface area contributed by atoms with E-state index in [0.717, 1.165) is 0 Å². The Bertz CT molecular complexity index is 483. The van der Waals surface area contributed by atoms with E-state index in [4.69, 9.17) is 10.5 Å². The molecule has 0 aliphatic rings. The number of nitrogens with two attached hydrogens (primary N) is 1. The number of rotatable bonds is 5. The fourth-order valence-electron chi connectivity index (χ4n) is 1.33. The average Bonchev–Trinajstić information content (AvgIpc) is 2.31. The van der Waals surface area contributed by atoms with E-state index < -0.39 is 4.92 Å². The van der Waals surface area contributed by atoms with Crippen LogP contribution in [0.5, 0.6) is 0 Å². The predicted molar refractivity (Wildman–Crippen MR) is 67.8 cm³/mol. The zero-order chi connectivity index (χ0) is 13.5. The number of carbonyl (C=O) groups excluding carboxylic acids is 1. The van der Waals surface area contributed by atoms with Crippen molar-refractivity contribution in [1.29, 1.82) is 0 Å². The number of anilines is 1. The number of ether oxygens (including phenoxy) is 1. The van der Waals surface area contributed by atoms with Crippen LogP contribution in [-0.2, 0) is 9.53 Å². The third kappa shape index (κ3) is 3.89. The van der Waals surface area contributed by atoms with Crippen LogP contribution in [0.25, 0.3) is 6.08 Å². The van der Waals surface area contributed by atoms with Crippen LogP contribution in [0.15, 0.2) is 24.3 Å². The molecule has 0 radical (unpaired) electrons. The normalized spacial score (nSPS) is 10.5. The minimum absolute atomic E-state index is 0.113. The Hall–Kier alpha value is -2.37. The van der Waals surface area contributed by atoms with Crippen molar-refractivity contribution < 1.29 is 14.5 Å². The maximum absolute atomic E-state index is 11.1. The van der Waals surface area contributed by atoms with E-state index in [0.29, 0.717) is 12.2 Å². The lowest BCUT2D eigenvalue weighted by Crippen LogP contribution is -2.01. The van der Waals surface area contributed by atoms with Crippen molar-refractivity contribution in [3.63, 3.8) is 0 Å². The molecule has 0 aliphatic heterocycles. The molecule has 1 rings (SSSR count). The molecule has 0 bridgehead atoms. The molecule has 0 unspecified atom stereocenters. The van der Waals surface area contributed by atoms with Gasteiger partial charge >= 0.3 is 5.97 Å². The molecule has 1 aromatic carbocycles. The average molecular weight is 250 g/mol. The highest BCUT2D eigenvalue weighted by Crippen LogP contribution is 2.22. The van der Waals surface area contributed by atoms with Gasteiger partial charge in [0.15, 0.2) is 0 Å². The van der Waals surface area contributed by atoms with Crippen LogP contribution < -0.4 is 5.73 Å². The number of benzene rings is 1. The first kappa shape index (κ1) is 13.7. The first-order chi connectivity index (χ1) is 8.54. The molecule has 1 aromatic rings. The summed E-state index contributed by atoms with van der Waals surface area (Å²) in [5.74, 6) is -0.335. The monoisotopic (exact) mass is 250 g/mol. The number of hydrogen-bond acceptors (Lipinski definition) is 5. The van der Waals surface area contributed by atoms with Crippen LogP contribution in [-0.4, -0.2) is 17.5 Å². The number of nitro benzene ring substituents is 1. The lowest BCUT2D eigenvalue weighted by molar-refractivity contribution is -0.383. The van der Waals surface area contributed by atoms with Gasteiger partial charge in [-0.25, -0.2) is 0 Å². The van der Waals surface area contributed by atoms with Gasteiger partial charge in [-0.15, -0.1) is 0 Å². The van der Waals surface area contributed by atoms with Crippen LogP contribution in [0.1, 0.15) is 18.9 Å². The van der Waals surface area contributed by atoms with Crippen molar-refractivity contribution in [2.45, 2.75) is 13.3 Å². The molecule has 0 saturated carbocycles. The van der Waals surface area contributed by atoms with Gasteiger partial charge in [0.25, 0.3) is 5.69 Å². The third-order valence-electron chi connectivity index (χ3n) is 2.15. The first-order valence-electron chi connectivity index (χ1n) is 5.40. The summed E-state index contributed by atoms with van der Waals surface area (Å²) in [6, 6.07) is 4.46. The van der Waals surface area contributed by atoms with Crippen molar-refractivity contribution in [2.24, 2.45) is 0 Å². The maximum atomic E-state index is 11.1. The SMILES string of the molecule is CCOC(=O)CC=Cc1ccc(N)c([N+](=O)[O-])c1. The highest BCUT2D eigenvalue weighted by atomic mass is 16.6. The van der Waals surface area contributed by atoms with Crippen LogP contribution in [0.2, 0.25) is 0 Å². The summed E-state index contributed by atoms with van der Waals surface area (Å²) in [4.78, 5) is 21.2. The van der Waals surface area contributed by atoms with E-state index in [1.54, 1.807) is 25.1 Å². The van der Waals surface area contributed by atoms with Gasteiger partial charge in [0.2, 0.25) is 0 Å². The Morgan fingerprint density at radius 3 is 2.89 bits per heavy atom. The molecule has 6 heteroatoms. The van der Waals surface area contributed by atoms with Gasteiger partial charge in [-0.2, -0.15) is 0 Å². The highest BCUT2D eigenvalue weighted by molar-refractivity contribution is 5.73. The Labute approximate surface area is 104 Å². The minimum atomic E-state index is -0.544. The van der Waals surface area contributed by atoms with E-state index >= 15 is 0 Å². The Morgan fingerprint density at radius 2 is 2.28 bits per heavy atom. The number of esters is 1.